The summed E-state index contributed by atoms with van der Waals surface area (Å²) in [5.74, 6) is 0.541. The predicted molar refractivity (Wildman–Crippen MR) is 146 cm³/mol. The van der Waals surface area contributed by atoms with Crippen LogP contribution in [-0.2, 0) is 0 Å². The summed E-state index contributed by atoms with van der Waals surface area (Å²) >= 11 is 0. The van der Waals surface area contributed by atoms with Gasteiger partial charge in [0, 0.05) is 0 Å². The third-order valence-electron chi connectivity index (χ3n) is 7.71. The van der Waals surface area contributed by atoms with Crippen molar-refractivity contribution >= 4 is 31.7 Å². The number of unbranched alkanes of at least 4 members (excludes halogenated alkanes) is 1. The Hall–Kier alpha value is -1.65. The zero-order chi connectivity index (χ0) is 23.0. The van der Waals surface area contributed by atoms with Gasteiger partial charge in [-0.05, 0) is 55.6 Å². The fourth-order valence-electron chi connectivity index (χ4n) is 5.58. The lowest BCUT2D eigenvalue weighted by molar-refractivity contribution is 0.832. The van der Waals surface area contributed by atoms with Crippen molar-refractivity contribution in [3.63, 3.8) is 0 Å². The molecule has 2 unspecified atom stereocenters. The number of hydrogen-bond donors (Lipinski definition) is 0. The van der Waals surface area contributed by atoms with Crippen molar-refractivity contribution < 1.29 is 0 Å². The Bertz CT molecular complexity index is 1000. The van der Waals surface area contributed by atoms with Gasteiger partial charge in [0.1, 0.15) is 8.07 Å². The van der Waals surface area contributed by atoms with Crippen LogP contribution in [0.2, 0.25) is 25.7 Å². The minimum Gasteiger partial charge on any atom is -0.0656 e. The minimum absolute atomic E-state index is 0.541. The highest BCUT2D eigenvalue weighted by Gasteiger charge is 2.46. The summed E-state index contributed by atoms with van der Waals surface area (Å²) in [7, 11) is -3.54. The Kier molecular flexibility index (Phi) is 7.03. The Labute approximate surface area is 193 Å². The number of benzene rings is 2. The van der Waals surface area contributed by atoms with Crippen LogP contribution in [0, 0.1) is 12.8 Å². The number of rotatable bonds is 7. The quantitative estimate of drug-likeness (QED) is 0.413. The van der Waals surface area contributed by atoms with Gasteiger partial charge in [0.2, 0.25) is 0 Å². The van der Waals surface area contributed by atoms with E-state index in [4.69, 9.17) is 0 Å². The van der Waals surface area contributed by atoms with E-state index in [1.807, 2.05) is 0 Å². The van der Waals surface area contributed by atoms with Crippen LogP contribution in [0.5, 0.6) is 0 Å². The first-order valence-electron chi connectivity index (χ1n) is 12.1. The lowest BCUT2D eigenvalue weighted by atomic mass is 10.1. The van der Waals surface area contributed by atoms with E-state index in [0.29, 0.717) is 5.92 Å². The van der Waals surface area contributed by atoms with Crippen molar-refractivity contribution in [2.75, 3.05) is 0 Å². The van der Waals surface area contributed by atoms with E-state index in [-0.39, 0.29) is 0 Å². The molecule has 2 atom stereocenters. The maximum Gasteiger partial charge on any atom is 0.145 e. The van der Waals surface area contributed by atoms with Crippen LogP contribution in [0.15, 0.2) is 70.4 Å². The fraction of sp³-hybridized carbons (Fsp3) is 0.448. The Morgan fingerprint density at radius 3 is 1.90 bits per heavy atom. The van der Waals surface area contributed by atoms with Gasteiger partial charge in [0.25, 0.3) is 0 Å². The van der Waals surface area contributed by atoms with Crippen LogP contribution in [-0.4, -0.2) is 16.1 Å². The van der Waals surface area contributed by atoms with E-state index in [0.717, 1.165) is 0 Å². The summed E-state index contributed by atoms with van der Waals surface area (Å²) in [5.41, 5.74) is 6.12. The summed E-state index contributed by atoms with van der Waals surface area (Å²) in [6, 6.07) is 20.6. The third kappa shape index (κ3) is 4.34. The van der Waals surface area contributed by atoms with Gasteiger partial charge in [-0.15, -0.1) is 0 Å². The van der Waals surface area contributed by atoms with Gasteiger partial charge >= 0.3 is 0 Å². The zero-order valence-electron chi connectivity index (χ0n) is 21.3. The van der Waals surface area contributed by atoms with Crippen LogP contribution in [0.1, 0.15) is 53.0 Å². The van der Waals surface area contributed by atoms with Crippen LogP contribution in [0.4, 0.5) is 0 Å². The molecule has 0 heterocycles. The van der Waals surface area contributed by atoms with Crippen molar-refractivity contribution in [3.8, 4) is 0 Å². The predicted octanol–water partition coefficient (Wildman–Crippen LogP) is 6.75. The molecule has 0 spiro atoms. The highest BCUT2D eigenvalue weighted by Crippen LogP contribution is 2.43. The molecule has 31 heavy (non-hydrogen) atoms. The smallest absolute Gasteiger partial charge is 0.0656 e. The Morgan fingerprint density at radius 2 is 1.39 bits per heavy atom. The summed E-state index contributed by atoms with van der Waals surface area (Å²) in [5, 5.41) is 6.62. The molecule has 2 heteroatoms. The van der Waals surface area contributed by atoms with Crippen LogP contribution in [0.25, 0.3) is 0 Å². The van der Waals surface area contributed by atoms with Gasteiger partial charge in [-0.2, -0.15) is 0 Å². The van der Waals surface area contributed by atoms with Gasteiger partial charge in [0.05, 0.1) is 8.07 Å². The zero-order valence-corrected chi connectivity index (χ0v) is 23.3. The van der Waals surface area contributed by atoms with Crippen molar-refractivity contribution in [1.82, 2.24) is 0 Å². The third-order valence-corrected chi connectivity index (χ3v) is 15.2. The molecule has 0 bridgehead atoms. The average Bonchev–Trinajstić information content (AvgIpc) is 2.92. The maximum atomic E-state index is 2.64. The Balaban J connectivity index is 2.42. The molecule has 0 amide bonds. The van der Waals surface area contributed by atoms with Gasteiger partial charge in [-0.1, -0.05) is 122 Å². The van der Waals surface area contributed by atoms with E-state index in [1.165, 1.54) is 30.0 Å². The second kappa shape index (κ2) is 9.07. The molecule has 0 saturated heterocycles. The van der Waals surface area contributed by atoms with E-state index in [2.05, 4.69) is 110 Å². The normalized spacial score (nSPS) is 19.2. The minimum atomic E-state index is -2.13. The largest absolute Gasteiger partial charge is 0.145 e. The second-order valence-corrected chi connectivity index (χ2v) is 19.9. The number of allylic oxidation sites excluding steroid dienone is 4. The summed E-state index contributed by atoms with van der Waals surface area (Å²) in [4.78, 5) is 0. The molecule has 1 aliphatic carbocycles. The molecule has 0 nitrogen and oxygen atoms in total. The fourth-order valence-corrected chi connectivity index (χ4v) is 13.1. The van der Waals surface area contributed by atoms with Crippen molar-refractivity contribution in [2.24, 2.45) is 5.92 Å². The molecule has 166 valence electrons. The molecular formula is C29H42Si2. The molecule has 0 fully saturated rings. The lowest BCUT2D eigenvalue weighted by Crippen LogP contribution is -2.62. The molecule has 3 rings (SSSR count). The topological polar surface area (TPSA) is 0 Å². The van der Waals surface area contributed by atoms with Crippen LogP contribution >= 0.6 is 0 Å². The monoisotopic (exact) mass is 446 g/mol. The molecule has 0 aliphatic heterocycles. The molecule has 1 aliphatic rings. The van der Waals surface area contributed by atoms with Gasteiger partial charge < -0.3 is 0 Å². The lowest BCUT2D eigenvalue weighted by Gasteiger charge is -2.39. The summed E-state index contributed by atoms with van der Waals surface area (Å²) in [6.07, 6.45) is 2.54. The molecule has 2 aromatic carbocycles. The molecule has 0 N–H and O–H groups in total. The summed E-state index contributed by atoms with van der Waals surface area (Å²) < 4.78 is 0. The Morgan fingerprint density at radius 1 is 0.774 bits per heavy atom. The van der Waals surface area contributed by atoms with Crippen molar-refractivity contribution in [1.29, 1.82) is 0 Å². The molecule has 0 aromatic heterocycles. The van der Waals surface area contributed by atoms with Crippen molar-refractivity contribution in [3.05, 3.63) is 76.0 Å². The highest BCUT2D eigenvalue weighted by atomic mass is 28.3. The average molecular weight is 447 g/mol. The van der Waals surface area contributed by atoms with Gasteiger partial charge in [-0.3, -0.25) is 0 Å². The van der Waals surface area contributed by atoms with E-state index < -0.39 is 16.1 Å². The standard InChI is InChI=1S/C29H42Si2/c1-10-11-17-31(26-15-13-12-14-16-26,29-24(5)22(3)23(4)25(29)6)28-19-21(2)18-27(20-28)30(7,8)9/h12-16,18-20,24H,10-11,17H2,1-9H3. The first-order chi connectivity index (χ1) is 14.5. The van der Waals surface area contributed by atoms with Crippen molar-refractivity contribution in [2.45, 2.75) is 80.1 Å². The maximum absolute atomic E-state index is 2.64. The van der Waals surface area contributed by atoms with E-state index >= 15 is 0 Å². The van der Waals surface area contributed by atoms with E-state index in [1.54, 1.807) is 31.9 Å². The number of aryl methyl sites for hydroxylation is 1. The highest BCUT2D eigenvalue weighted by molar-refractivity contribution is 7.08. The SMILES string of the molecule is CCCC[Si](C1=C(C)C(C)=C(C)C1C)(c1ccccc1)c1cc(C)cc([Si](C)(C)C)c1. The van der Waals surface area contributed by atoms with Gasteiger partial charge in [-0.25, -0.2) is 0 Å². The van der Waals surface area contributed by atoms with Gasteiger partial charge in [0.15, 0.2) is 0 Å². The molecule has 0 saturated carbocycles. The summed E-state index contributed by atoms with van der Waals surface area (Å²) in [6.45, 7) is 21.7. The molecular weight excluding hydrogens is 404 g/mol. The first-order valence-corrected chi connectivity index (χ1v) is 17.8. The first kappa shape index (κ1) is 24.0. The molecule has 0 radical (unpaired) electrons. The number of hydrogen-bond acceptors (Lipinski definition) is 0. The van der Waals surface area contributed by atoms with E-state index in [9.17, 15) is 0 Å². The molecule has 2 aromatic rings. The van der Waals surface area contributed by atoms with Crippen LogP contribution in [0.3, 0.4) is 0 Å². The second-order valence-electron chi connectivity index (χ2n) is 10.8. The van der Waals surface area contributed by atoms with Crippen LogP contribution < -0.4 is 15.6 Å².